The summed E-state index contributed by atoms with van der Waals surface area (Å²) in [5, 5.41) is 4.11. The summed E-state index contributed by atoms with van der Waals surface area (Å²) in [6.07, 6.45) is -4.74. The van der Waals surface area contributed by atoms with E-state index in [9.17, 15) is 27.6 Å². The van der Waals surface area contributed by atoms with Crippen LogP contribution in [0.1, 0.15) is 43.1 Å². The van der Waals surface area contributed by atoms with Crippen molar-refractivity contribution in [2.24, 2.45) is 0 Å². The topological polar surface area (TPSA) is 84.5 Å². The number of hydrogen-bond acceptors (Lipinski definition) is 4. The Morgan fingerprint density at radius 2 is 1.59 bits per heavy atom. The Labute approximate surface area is 155 Å². The van der Waals surface area contributed by atoms with Gasteiger partial charge in [-0.05, 0) is 23.1 Å². The zero-order valence-electron chi connectivity index (χ0n) is 15.4. The predicted molar refractivity (Wildman–Crippen MR) is 92.1 cm³/mol. The smallest absolute Gasteiger partial charge is 0.405 e. The van der Waals surface area contributed by atoms with Crippen molar-refractivity contribution in [1.82, 2.24) is 10.6 Å². The summed E-state index contributed by atoms with van der Waals surface area (Å²) in [4.78, 5) is 34.5. The summed E-state index contributed by atoms with van der Waals surface area (Å²) < 4.78 is 40.3. The molecular weight excluding hydrogens is 365 g/mol. The molecule has 1 rings (SSSR count). The average Bonchev–Trinajstić information content (AvgIpc) is 2.56. The highest BCUT2D eigenvalue weighted by Gasteiger charge is 2.27. The number of esters is 1. The Hall–Kier alpha value is -2.58. The molecule has 0 spiro atoms. The number of hydrogen-bond donors (Lipinski definition) is 2. The molecule has 0 radical (unpaired) electrons. The minimum atomic E-state index is -4.53. The van der Waals surface area contributed by atoms with E-state index in [0.717, 1.165) is 5.56 Å². The lowest BCUT2D eigenvalue weighted by molar-refractivity contribution is -0.151. The molecule has 9 heteroatoms. The SMILES string of the molecule is CC(C)(C)c1ccc(C(=O)NCCC(=O)OCC(=O)NCC(F)(F)F)cc1. The third kappa shape index (κ3) is 9.07. The second kappa shape index (κ2) is 9.38. The van der Waals surface area contributed by atoms with Gasteiger partial charge in [0.05, 0.1) is 6.42 Å². The molecule has 1 aromatic carbocycles. The van der Waals surface area contributed by atoms with Gasteiger partial charge < -0.3 is 15.4 Å². The monoisotopic (exact) mass is 388 g/mol. The fourth-order valence-corrected chi connectivity index (χ4v) is 1.97. The molecule has 1 aromatic rings. The van der Waals surface area contributed by atoms with Crippen LogP contribution in [0, 0.1) is 0 Å². The first-order chi connectivity index (χ1) is 12.4. The molecule has 2 N–H and O–H groups in total. The second-order valence-electron chi connectivity index (χ2n) is 6.89. The Balaban J connectivity index is 2.31. The van der Waals surface area contributed by atoms with Gasteiger partial charge in [-0.2, -0.15) is 13.2 Å². The molecule has 0 saturated carbocycles. The first-order valence-corrected chi connectivity index (χ1v) is 8.26. The molecule has 150 valence electrons. The highest BCUT2D eigenvalue weighted by atomic mass is 19.4. The zero-order chi connectivity index (χ0) is 20.7. The summed E-state index contributed by atoms with van der Waals surface area (Å²) >= 11 is 0. The van der Waals surface area contributed by atoms with Crippen LogP contribution in [0.2, 0.25) is 0 Å². The van der Waals surface area contributed by atoms with E-state index in [0.29, 0.717) is 5.56 Å². The average molecular weight is 388 g/mol. The highest BCUT2D eigenvalue weighted by Crippen LogP contribution is 2.22. The van der Waals surface area contributed by atoms with Crippen LogP contribution in [-0.2, 0) is 19.7 Å². The van der Waals surface area contributed by atoms with Gasteiger partial charge in [0.2, 0.25) is 0 Å². The van der Waals surface area contributed by atoms with Crippen molar-refractivity contribution >= 4 is 17.8 Å². The highest BCUT2D eigenvalue weighted by molar-refractivity contribution is 5.94. The van der Waals surface area contributed by atoms with Gasteiger partial charge in [-0.25, -0.2) is 0 Å². The van der Waals surface area contributed by atoms with Crippen LogP contribution in [0.5, 0.6) is 0 Å². The normalized spacial score (nSPS) is 11.6. The summed E-state index contributed by atoms with van der Waals surface area (Å²) in [7, 11) is 0. The Bertz CT molecular complexity index is 665. The lowest BCUT2D eigenvalue weighted by atomic mass is 9.87. The van der Waals surface area contributed by atoms with E-state index in [2.05, 4.69) is 30.8 Å². The van der Waals surface area contributed by atoms with E-state index in [1.165, 1.54) is 0 Å². The Kier molecular flexibility index (Phi) is 7.81. The van der Waals surface area contributed by atoms with Crippen LogP contribution >= 0.6 is 0 Å². The summed E-state index contributed by atoms with van der Waals surface area (Å²) in [6, 6.07) is 7.06. The van der Waals surface area contributed by atoms with Crippen molar-refractivity contribution < 1.29 is 32.3 Å². The molecule has 6 nitrogen and oxygen atoms in total. The summed E-state index contributed by atoms with van der Waals surface area (Å²) in [6.45, 7) is 3.83. The molecule has 0 bridgehead atoms. The van der Waals surface area contributed by atoms with Crippen molar-refractivity contribution in [3.8, 4) is 0 Å². The zero-order valence-corrected chi connectivity index (χ0v) is 15.4. The molecule has 0 saturated heterocycles. The third-order valence-electron chi connectivity index (χ3n) is 3.48. The first kappa shape index (κ1) is 22.5. The largest absolute Gasteiger partial charge is 0.456 e. The predicted octanol–water partition coefficient (Wildman–Crippen LogP) is 2.33. The maximum atomic E-state index is 12.0. The number of rotatable bonds is 7. The van der Waals surface area contributed by atoms with E-state index >= 15 is 0 Å². The van der Waals surface area contributed by atoms with E-state index in [4.69, 9.17) is 0 Å². The first-order valence-electron chi connectivity index (χ1n) is 8.26. The molecule has 0 atom stereocenters. The molecule has 0 fully saturated rings. The van der Waals surface area contributed by atoms with Gasteiger partial charge in [0.25, 0.3) is 11.8 Å². The molecule has 0 heterocycles. The maximum absolute atomic E-state index is 12.0. The Morgan fingerprint density at radius 1 is 1.00 bits per heavy atom. The third-order valence-corrected chi connectivity index (χ3v) is 3.48. The van der Waals surface area contributed by atoms with Crippen LogP contribution in [0.4, 0.5) is 13.2 Å². The summed E-state index contributed by atoms with van der Waals surface area (Å²) in [5.41, 5.74) is 1.47. The molecular formula is C18H23F3N2O4. The number of ether oxygens (including phenoxy) is 1. The van der Waals surface area contributed by atoms with Crippen molar-refractivity contribution in [2.75, 3.05) is 19.7 Å². The maximum Gasteiger partial charge on any atom is 0.405 e. The summed E-state index contributed by atoms with van der Waals surface area (Å²) in [5.74, 6) is -2.23. The van der Waals surface area contributed by atoms with E-state index in [-0.39, 0.29) is 24.3 Å². The minimum absolute atomic E-state index is 0.0249. The van der Waals surface area contributed by atoms with Gasteiger partial charge in [0.15, 0.2) is 6.61 Å². The van der Waals surface area contributed by atoms with E-state index < -0.39 is 31.2 Å². The van der Waals surface area contributed by atoms with Gasteiger partial charge in [0.1, 0.15) is 6.54 Å². The van der Waals surface area contributed by atoms with Gasteiger partial charge in [0, 0.05) is 12.1 Å². The molecule has 27 heavy (non-hydrogen) atoms. The van der Waals surface area contributed by atoms with Gasteiger partial charge >= 0.3 is 12.1 Å². The standard InChI is InChI=1S/C18H23F3N2O4/c1-17(2,3)13-6-4-12(5-7-13)16(26)22-9-8-15(25)27-10-14(24)23-11-18(19,20)21/h4-7H,8-11H2,1-3H3,(H,22,26)(H,23,24). The number of nitrogens with one attached hydrogen (secondary N) is 2. The van der Waals surface area contributed by atoms with Crippen molar-refractivity contribution in [1.29, 1.82) is 0 Å². The lowest BCUT2D eigenvalue weighted by Crippen LogP contribution is -2.36. The van der Waals surface area contributed by atoms with Crippen LogP contribution < -0.4 is 10.6 Å². The van der Waals surface area contributed by atoms with Crippen LogP contribution in [0.15, 0.2) is 24.3 Å². The van der Waals surface area contributed by atoms with Crippen molar-refractivity contribution in [3.63, 3.8) is 0 Å². The molecule has 0 unspecified atom stereocenters. The van der Waals surface area contributed by atoms with Gasteiger partial charge in [-0.1, -0.05) is 32.9 Å². The van der Waals surface area contributed by atoms with Gasteiger partial charge in [-0.15, -0.1) is 0 Å². The van der Waals surface area contributed by atoms with Crippen LogP contribution in [0.3, 0.4) is 0 Å². The quantitative estimate of drug-likeness (QED) is 0.702. The van der Waals surface area contributed by atoms with Gasteiger partial charge in [-0.3, -0.25) is 14.4 Å². The number of benzene rings is 1. The van der Waals surface area contributed by atoms with Crippen LogP contribution in [-0.4, -0.2) is 43.7 Å². The molecule has 0 aliphatic carbocycles. The number of carbonyl (C=O) groups excluding carboxylic acids is 3. The lowest BCUT2D eigenvalue weighted by Gasteiger charge is -2.19. The second-order valence-corrected chi connectivity index (χ2v) is 6.89. The molecule has 0 aliphatic heterocycles. The molecule has 0 aliphatic rings. The van der Waals surface area contributed by atoms with E-state index in [1.54, 1.807) is 17.4 Å². The minimum Gasteiger partial charge on any atom is -0.456 e. The van der Waals surface area contributed by atoms with Crippen LogP contribution in [0.25, 0.3) is 0 Å². The molecule has 2 amide bonds. The number of amides is 2. The fourth-order valence-electron chi connectivity index (χ4n) is 1.97. The number of alkyl halides is 3. The molecule has 0 aromatic heterocycles. The van der Waals surface area contributed by atoms with E-state index in [1.807, 2.05) is 12.1 Å². The fraction of sp³-hybridized carbons (Fsp3) is 0.500. The Morgan fingerprint density at radius 3 is 2.11 bits per heavy atom. The van der Waals surface area contributed by atoms with Crippen molar-refractivity contribution in [2.45, 2.75) is 38.8 Å². The van der Waals surface area contributed by atoms with Crippen molar-refractivity contribution in [3.05, 3.63) is 35.4 Å². The number of carbonyl (C=O) groups is 3. The number of halogens is 3.